The number of allylic oxidation sites excluding steroid dienone is 1. The van der Waals surface area contributed by atoms with E-state index < -0.39 is 0 Å². The molecule has 0 fully saturated rings. The van der Waals surface area contributed by atoms with Gasteiger partial charge in [0.1, 0.15) is 0 Å². The molecule has 0 aromatic heterocycles. The molecule has 0 amide bonds. The van der Waals surface area contributed by atoms with Crippen LogP contribution in [0.4, 0.5) is 0 Å². The van der Waals surface area contributed by atoms with Crippen molar-refractivity contribution < 1.29 is 0 Å². The molecule has 132 valence electrons. The lowest BCUT2D eigenvalue weighted by Crippen LogP contribution is -2.16. The van der Waals surface area contributed by atoms with Crippen molar-refractivity contribution in [3.05, 3.63) is 12.2 Å². The zero-order chi connectivity index (χ0) is 16.3. The topological polar surface area (TPSA) is 24.1 Å². The van der Waals surface area contributed by atoms with E-state index in [2.05, 4.69) is 43.6 Å². The van der Waals surface area contributed by atoms with E-state index in [0.717, 1.165) is 19.0 Å². The maximum atomic E-state index is 3.52. The quantitative estimate of drug-likeness (QED) is 0.281. The molecule has 0 saturated heterocycles. The summed E-state index contributed by atoms with van der Waals surface area (Å²) in [5, 5.41) is 6.96. The van der Waals surface area contributed by atoms with Crippen LogP contribution >= 0.6 is 0 Å². The molecule has 0 saturated carbocycles. The Balaban J connectivity index is 3.21. The first-order valence-electron chi connectivity index (χ1n) is 9.87. The summed E-state index contributed by atoms with van der Waals surface area (Å²) < 4.78 is 0. The van der Waals surface area contributed by atoms with Crippen LogP contribution < -0.4 is 10.6 Å². The Morgan fingerprint density at radius 1 is 0.727 bits per heavy atom. The normalized spacial score (nSPS) is 13.0. The average molecular weight is 311 g/mol. The van der Waals surface area contributed by atoms with Gasteiger partial charge in [-0.1, -0.05) is 65.0 Å². The van der Waals surface area contributed by atoms with E-state index in [1.807, 2.05) is 0 Å². The van der Waals surface area contributed by atoms with Gasteiger partial charge < -0.3 is 10.6 Å². The lowest BCUT2D eigenvalue weighted by Gasteiger charge is -2.08. The molecule has 0 bridgehead atoms. The Morgan fingerprint density at radius 3 is 2.23 bits per heavy atom. The van der Waals surface area contributed by atoms with E-state index in [4.69, 9.17) is 0 Å². The standard InChI is InChI=1S/C20H42N2/c1-4-6-17-22-19-12-8-7-10-14-20(3)15-11-9-13-18-21-16-5-2/h9,11,20-22H,4-8,10,12-19H2,1-3H3/b11-9+. The first-order chi connectivity index (χ1) is 10.8. The predicted molar refractivity (Wildman–Crippen MR) is 102 cm³/mol. The minimum Gasteiger partial charge on any atom is -0.317 e. The molecule has 1 atom stereocenters. The molecule has 0 heterocycles. The fourth-order valence-electron chi connectivity index (χ4n) is 2.57. The molecule has 1 unspecified atom stereocenters. The van der Waals surface area contributed by atoms with Crippen molar-refractivity contribution in [1.29, 1.82) is 0 Å². The van der Waals surface area contributed by atoms with Crippen LogP contribution in [0.25, 0.3) is 0 Å². The van der Waals surface area contributed by atoms with E-state index >= 15 is 0 Å². The van der Waals surface area contributed by atoms with Gasteiger partial charge in [-0.25, -0.2) is 0 Å². The molecular formula is C20H42N2. The van der Waals surface area contributed by atoms with E-state index in [1.165, 1.54) is 77.3 Å². The number of hydrogen-bond donors (Lipinski definition) is 2. The SMILES string of the molecule is CCCCNCCCCCCC(C)C/C=C/CCNCCC. The van der Waals surface area contributed by atoms with E-state index in [9.17, 15) is 0 Å². The van der Waals surface area contributed by atoms with Gasteiger partial charge in [-0.2, -0.15) is 0 Å². The highest BCUT2D eigenvalue weighted by atomic mass is 14.8. The van der Waals surface area contributed by atoms with Crippen LogP contribution in [0.3, 0.4) is 0 Å². The van der Waals surface area contributed by atoms with Crippen LogP contribution in [0.15, 0.2) is 12.2 Å². The zero-order valence-electron chi connectivity index (χ0n) is 15.6. The summed E-state index contributed by atoms with van der Waals surface area (Å²) >= 11 is 0. The third kappa shape index (κ3) is 17.7. The molecule has 0 aliphatic rings. The Kier molecular flexibility index (Phi) is 18.4. The third-order valence-corrected chi connectivity index (χ3v) is 4.13. The van der Waals surface area contributed by atoms with E-state index in [-0.39, 0.29) is 0 Å². The number of rotatable bonds is 17. The zero-order valence-corrected chi connectivity index (χ0v) is 15.6. The van der Waals surface area contributed by atoms with Crippen molar-refractivity contribution in [2.24, 2.45) is 5.92 Å². The molecule has 0 aliphatic heterocycles. The van der Waals surface area contributed by atoms with Crippen LogP contribution in [0, 0.1) is 5.92 Å². The van der Waals surface area contributed by atoms with E-state index in [0.29, 0.717) is 0 Å². The van der Waals surface area contributed by atoms with Gasteiger partial charge in [-0.15, -0.1) is 0 Å². The highest BCUT2D eigenvalue weighted by Crippen LogP contribution is 2.14. The predicted octanol–water partition coefficient (Wildman–Crippen LogP) is 5.30. The molecule has 22 heavy (non-hydrogen) atoms. The summed E-state index contributed by atoms with van der Waals surface area (Å²) in [4.78, 5) is 0. The molecule has 2 heteroatoms. The number of unbranched alkanes of at least 4 members (excludes halogenated alkanes) is 4. The van der Waals surface area contributed by atoms with Crippen molar-refractivity contribution in [2.75, 3.05) is 26.2 Å². The van der Waals surface area contributed by atoms with Gasteiger partial charge in [0.05, 0.1) is 0 Å². The Bertz CT molecular complexity index is 226. The largest absolute Gasteiger partial charge is 0.317 e. The van der Waals surface area contributed by atoms with Crippen molar-refractivity contribution >= 4 is 0 Å². The molecule has 2 N–H and O–H groups in total. The Morgan fingerprint density at radius 2 is 1.45 bits per heavy atom. The van der Waals surface area contributed by atoms with Gasteiger partial charge in [0.15, 0.2) is 0 Å². The Labute approximate surface area is 140 Å². The molecule has 0 radical (unpaired) electrons. The maximum Gasteiger partial charge on any atom is -0.00143 e. The summed E-state index contributed by atoms with van der Waals surface area (Å²) in [5.41, 5.74) is 0. The second-order valence-corrected chi connectivity index (χ2v) is 6.66. The molecule has 2 nitrogen and oxygen atoms in total. The maximum absolute atomic E-state index is 3.52. The molecule has 0 aromatic carbocycles. The van der Waals surface area contributed by atoms with E-state index in [1.54, 1.807) is 0 Å². The first kappa shape index (κ1) is 21.7. The van der Waals surface area contributed by atoms with Crippen LogP contribution in [-0.4, -0.2) is 26.2 Å². The molecule has 0 aliphatic carbocycles. The van der Waals surface area contributed by atoms with Crippen molar-refractivity contribution in [1.82, 2.24) is 10.6 Å². The number of nitrogens with one attached hydrogen (secondary N) is 2. The Hall–Kier alpha value is -0.340. The van der Waals surface area contributed by atoms with Crippen molar-refractivity contribution in [3.63, 3.8) is 0 Å². The van der Waals surface area contributed by atoms with Crippen molar-refractivity contribution in [3.8, 4) is 0 Å². The number of hydrogen-bond acceptors (Lipinski definition) is 2. The molecule has 0 spiro atoms. The third-order valence-electron chi connectivity index (χ3n) is 4.13. The lowest BCUT2D eigenvalue weighted by atomic mass is 9.99. The van der Waals surface area contributed by atoms with Crippen LogP contribution in [-0.2, 0) is 0 Å². The van der Waals surface area contributed by atoms with Gasteiger partial charge in [0.25, 0.3) is 0 Å². The van der Waals surface area contributed by atoms with Gasteiger partial charge in [0, 0.05) is 0 Å². The summed E-state index contributed by atoms with van der Waals surface area (Å²) in [6, 6.07) is 0. The first-order valence-corrected chi connectivity index (χ1v) is 9.87. The van der Waals surface area contributed by atoms with Gasteiger partial charge in [-0.05, 0) is 64.2 Å². The van der Waals surface area contributed by atoms with Crippen molar-refractivity contribution in [2.45, 2.75) is 85.0 Å². The summed E-state index contributed by atoms with van der Waals surface area (Å²) in [5.74, 6) is 0.850. The lowest BCUT2D eigenvalue weighted by molar-refractivity contribution is 0.485. The molecular weight excluding hydrogens is 268 g/mol. The minimum atomic E-state index is 0.850. The highest BCUT2D eigenvalue weighted by Gasteiger charge is 1.99. The van der Waals surface area contributed by atoms with Crippen LogP contribution in [0.5, 0.6) is 0 Å². The highest BCUT2D eigenvalue weighted by molar-refractivity contribution is 4.83. The van der Waals surface area contributed by atoms with Crippen LogP contribution in [0.1, 0.15) is 85.0 Å². The monoisotopic (exact) mass is 310 g/mol. The summed E-state index contributed by atoms with van der Waals surface area (Å²) in [7, 11) is 0. The second kappa shape index (κ2) is 18.7. The minimum absolute atomic E-state index is 0.850. The summed E-state index contributed by atoms with van der Waals surface area (Å²) in [6.45, 7) is 11.6. The molecule has 0 rings (SSSR count). The van der Waals surface area contributed by atoms with Gasteiger partial charge in [-0.3, -0.25) is 0 Å². The summed E-state index contributed by atoms with van der Waals surface area (Å²) in [6.07, 6.45) is 18.0. The smallest absolute Gasteiger partial charge is 0.00143 e. The molecule has 0 aromatic rings. The van der Waals surface area contributed by atoms with Crippen LogP contribution in [0.2, 0.25) is 0 Å². The van der Waals surface area contributed by atoms with Gasteiger partial charge >= 0.3 is 0 Å². The fraction of sp³-hybridized carbons (Fsp3) is 0.900. The second-order valence-electron chi connectivity index (χ2n) is 6.66. The average Bonchev–Trinajstić information content (AvgIpc) is 2.52. The van der Waals surface area contributed by atoms with Gasteiger partial charge in [0.2, 0.25) is 0 Å². The fourth-order valence-corrected chi connectivity index (χ4v) is 2.57.